The average Bonchev–Trinajstić information content (AvgIpc) is 3.13. The number of hydrogen-bond acceptors (Lipinski definition) is 5. The molecule has 0 saturated heterocycles. The highest BCUT2D eigenvalue weighted by molar-refractivity contribution is 6.00. The fraction of sp³-hybridized carbons (Fsp3) is 0.619. The molecule has 0 aromatic heterocycles. The molecule has 0 heterocycles. The molecule has 1 fully saturated rings. The summed E-state index contributed by atoms with van der Waals surface area (Å²) in [5.41, 5.74) is 0.0919. The maximum atomic E-state index is 12.8. The van der Waals surface area contributed by atoms with Crippen molar-refractivity contribution in [3.8, 4) is 5.75 Å². The van der Waals surface area contributed by atoms with Gasteiger partial charge < -0.3 is 19.5 Å². The van der Waals surface area contributed by atoms with E-state index in [0.29, 0.717) is 30.2 Å². The van der Waals surface area contributed by atoms with E-state index in [9.17, 15) is 9.59 Å². The highest BCUT2D eigenvalue weighted by Gasteiger charge is 2.42. The molecule has 0 spiro atoms. The van der Waals surface area contributed by atoms with Gasteiger partial charge in [-0.2, -0.15) is 0 Å². The van der Waals surface area contributed by atoms with Crippen molar-refractivity contribution < 1.29 is 23.8 Å². The van der Waals surface area contributed by atoms with Crippen molar-refractivity contribution in [3.05, 3.63) is 23.8 Å². The molecular weight excluding hydrogens is 346 g/mol. The number of ether oxygens (including phenoxy) is 3. The monoisotopic (exact) mass is 377 g/mol. The van der Waals surface area contributed by atoms with Crippen LogP contribution in [0.5, 0.6) is 5.75 Å². The standard InChI is InChI=1S/C21H31NO5/c1-4-7-14-26-18-11-10-16(15-17(18)19(23)25-5-2)22-20(24)21(27-6-3)12-8-9-13-21/h10-11,15H,4-9,12-14H2,1-3H3,(H,22,24). The first kappa shape index (κ1) is 21.2. The first-order valence-corrected chi connectivity index (χ1v) is 9.95. The Morgan fingerprint density at radius 2 is 1.85 bits per heavy atom. The lowest BCUT2D eigenvalue weighted by atomic mass is 10.0. The Kier molecular flexibility index (Phi) is 8.10. The van der Waals surface area contributed by atoms with Crippen molar-refractivity contribution >= 4 is 17.6 Å². The van der Waals surface area contributed by atoms with Gasteiger partial charge in [0.15, 0.2) is 0 Å². The highest BCUT2D eigenvalue weighted by Crippen LogP contribution is 2.35. The summed E-state index contributed by atoms with van der Waals surface area (Å²) in [6.45, 7) is 7.03. The van der Waals surface area contributed by atoms with Crippen LogP contribution in [0.2, 0.25) is 0 Å². The summed E-state index contributed by atoms with van der Waals surface area (Å²) in [4.78, 5) is 25.2. The number of carbonyl (C=O) groups excluding carboxylic acids is 2. The fourth-order valence-corrected chi connectivity index (χ4v) is 3.33. The molecule has 1 aliphatic rings. The van der Waals surface area contributed by atoms with Crippen LogP contribution in [0.1, 0.15) is 69.7 Å². The van der Waals surface area contributed by atoms with Crippen LogP contribution in [0.15, 0.2) is 18.2 Å². The first-order valence-electron chi connectivity index (χ1n) is 9.95. The van der Waals surface area contributed by atoms with Gasteiger partial charge >= 0.3 is 5.97 Å². The number of anilines is 1. The SMILES string of the molecule is CCCCOc1ccc(NC(=O)C2(OCC)CCCC2)cc1C(=O)OCC. The van der Waals surface area contributed by atoms with Gasteiger partial charge in [0.1, 0.15) is 16.9 Å². The maximum absolute atomic E-state index is 12.8. The average molecular weight is 377 g/mol. The molecule has 2 rings (SSSR count). The molecule has 1 amide bonds. The van der Waals surface area contributed by atoms with Gasteiger partial charge in [-0.15, -0.1) is 0 Å². The van der Waals surface area contributed by atoms with E-state index in [1.165, 1.54) is 0 Å². The van der Waals surface area contributed by atoms with Crippen LogP contribution in [0.25, 0.3) is 0 Å². The minimum Gasteiger partial charge on any atom is -0.493 e. The largest absolute Gasteiger partial charge is 0.493 e. The molecule has 1 saturated carbocycles. The summed E-state index contributed by atoms with van der Waals surface area (Å²) in [5.74, 6) is -0.142. The van der Waals surface area contributed by atoms with Crippen LogP contribution in [-0.2, 0) is 14.3 Å². The highest BCUT2D eigenvalue weighted by atomic mass is 16.5. The quantitative estimate of drug-likeness (QED) is 0.485. The second-order valence-electron chi connectivity index (χ2n) is 6.72. The number of rotatable bonds is 10. The van der Waals surface area contributed by atoms with Crippen molar-refractivity contribution in [2.75, 3.05) is 25.1 Å². The fourth-order valence-electron chi connectivity index (χ4n) is 3.33. The molecule has 0 aliphatic heterocycles. The van der Waals surface area contributed by atoms with Gasteiger partial charge in [-0.05, 0) is 64.2 Å². The molecule has 0 unspecified atom stereocenters. The van der Waals surface area contributed by atoms with Crippen LogP contribution < -0.4 is 10.1 Å². The normalized spacial score (nSPS) is 15.4. The molecule has 0 radical (unpaired) electrons. The molecule has 1 aliphatic carbocycles. The molecule has 1 aromatic carbocycles. The summed E-state index contributed by atoms with van der Waals surface area (Å²) >= 11 is 0. The van der Waals surface area contributed by atoms with E-state index < -0.39 is 11.6 Å². The Balaban J connectivity index is 2.19. The lowest BCUT2D eigenvalue weighted by molar-refractivity contribution is -0.140. The van der Waals surface area contributed by atoms with Crippen LogP contribution in [0.4, 0.5) is 5.69 Å². The third-order valence-electron chi connectivity index (χ3n) is 4.73. The Morgan fingerprint density at radius 1 is 1.11 bits per heavy atom. The first-order chi connectivity index (χ1) is 13.1. The zero-order valence-corrected chi connectivity index (χ0v) is 16.6. The minimum absolute atomic E-state index is 0.156. The van der Waals surface area contributed by atoms with Crippen molar-refractivity contribution in [1.29, 1.82) is 0 Å². The van der Waals surface area contributed by atoms with Gasteiger partial charge in [0.25, 0.3) is 5.91 Å². The third-order valence-corrected chi connectivity index (χ3v) is 4.73. The number of amides is 1. The van der Waals surface area contributed by atoms with E-state index >= 15 is 0 Å². The van der Waals surface area contributed by atoms with Crippen molar-refractivity contribution in [2.24, 2.45) is 0 Å². The van der Waals surface area contributed by atoms with Crippen LogP contribution in [0, 0.1) is 0 Å². The van der Waals surface area contributed by atoms with Crippen molar-refractivity contribution in [2.45, 2.75) is 64.9 Å². The maximum Gasteiger partial charge on any atom is 0.341 e. The van der Waals surface area contributed by atoms with E-state index in [1.54, 1.807) is 25.1 Å². The summed E-state index contributed by atoms with van der Waals surface area (Å²) in [7, 11) is 0. The van der Waals surface area contributed by atoms with E-state index in [0.717, 1.165) is 38.5 Å². The Morgan fingerprint density at radius 3 is 2.48 bits per heavy atom. The molecule has 0 atom stereocenters. The van der Waals surface area contributed by atoms with E-state index in [-0.39, 0.29) is 12.5 Å². The van der Waals surface area contributed by atoms with Crippen molar-refractivity contribution in [3.63, 3.8) is 0 Å². The lowest BCUT2D eigenvalue weighted by Gasteiger charge is -2.27. The molecule has 150 valence electrons. The number of esters is 1. The minimum atomic E-state index is -0.769. The second-order valence-corrected chi connectivity index (χ2v) is 6.72. The molecule has 0 bridgehead atoms. The second kappa shape index (κ2) is 10.3. The Labute approximate surface area is 161 Å². The van der Waals surface area contributed by atoms with Gasteiger partial charge in [-0.3, -0.25) is 4.79 Å². The smallest absolute Gasteiger partial charge is 0.341 e. The number of unbranched alkanes of at least 4 members (excludes halogenated alkanes) is 1. The predicted molar refractivity (Wildman–Crippen MR) is 104 cm³/mol. The van der Waals surface area contributed by atoms with Gasteiger partial charge in [-0.1, -0.05) is 13.3 Å². The zero-order chi connectivity index (χ0) is 19.7. The molecule has 6 heteroatoms. The summed E-state index contributed by atoms with van der Waals surface area (Å²) < 4.78 is 16.7. The van der Waals surface area contributed by atoms with Gasteiger partial charge in [0.2, 0.25) is 0 Å². The summed E-state index contributed by atoms with van der Waals surface area (Å²) in [5, 5.41) is 2.91. The molecule has 1 aromatic rings. The van der Waals surface area contributed by atoms with Gasteiger partial charge in [0, 0.05) is 12.3 Å². The van der Waals surface area contributed by atoms with Gasteiger partial charge in [-0.25, -0.2) is 4.79 Å². The Hall–Kier alpha value is -2.08. The lowest BCUT2D eigenvalue weighted by Crippen LogP contribution is -2.43. The molecular formula is C21H31NO5. The number of hydrogen-bond donors (Lipinski definition) is 1. The number of benzene rings is 1. The summed E-state index contributed by atoms with van der Waals surface area (Å²) in [6, 6.07) is 5.07. The molecule has 6 nitrogen and oxygen atoms in total. The van der Waals surface area contributed by atoms with Crippen LogP contribution >= 0.6 is 0 Å². The van der Waals surface area contributed by atoms with Crippen LogP contribution in [-0.4, -0.2) is 37.3 Å². The Bertz CT molecular complexity index is 637. The number of carbonyl (C=O) groups is 2. The molecule has 1 N–H and O–H groups in total. The van der Waals surface area contributed by atoms with E-state index in [1.807, 2.05) is 6.92 Å². The van der Waals surface area contributed by atoms with Gasteiger partial charge in [0.05, 0.1) is 13.2 Å². The molecule has 27 heavy (non-hydrogen) atoms. The number of nitrogens with one attached hydrogen (secondary N) is 1. The third kappa shape index (κ3) is 5.45. The predicted octanol–water partition coefficient (Wildman–Crippen LogP) is 4.33. The van der Waals surface area contributed by atoms with E-state index in [4.69, 9.17) is 14.2 Å². The van der Waals surface area contributed by atoms with Crippen LogP contribution in [0.3, 0.4) is 0 Å². The summed E-state index contributed by atoms with van der Waals surface area (Å²) in [6.07, 6.45) is 5.29. The topological polar surface area (TPSA) is 73.9 Å². The van der Waals surface area contributed by atoms with Crippen molar-refractivity contribution in [1.82, 2.24) is 0 Å². The zero-order valence-electron chi connectivity index (χ0n) is 16.6. The van der Waals surface area contributed by atoms with E-state index in [2.05, 4.69) is 12.2 Å².